The summed E-state index contributed by atoms with van der Waals surface area (Å²) in [5.74, 6) is -0.0796. The van der Waals surface area contributed by atoms with Crippen LogP contribution < -0.4 is 5.32 Å². The average molecular weight is 1040 g/mol. The van der Waals surface area contributed by atoms with Gasteiger partial charge in [0.2, 0.25) is 5.91 Å². The van der Waals surface area contributed by atoms with Crippen molar-refractivity contribution in [2.75, 3.05) is 13.2 Å². The van der Waals surface area contributed by atoms with Crippen LogP contribution in [0.3, 0.4) is 0 Å². The lowest BCUT2D eigenvalue weighted by atomic mass is 10.0. The lowest BCUT2D eigenvalue weighted by Crippen LogP contribution is -2.45. The summed E-state index contributed by atoms with van der Waals surface area (Å²) in [5.41, 5.74) is 0. The summed E-state index contributed by atoms with van der Waals surface area (Å²) in [6, 6.07) is -0.547. The predicted molar refractivity (Wildman–Crippen MR) is 324 cm³/mol. The van der Waals surface area contributed by atoms with Gasteiger partial charge in [-0.3, -0.25) is 9.59 Å². The lowest BCUT2D eigenvalue weighted by Gasteiger charge is -2.22. The van der Waals surface area contributed by atoms with Gasteiger partial charge in [0.25, 0.3) is 0 Å². The number of carbonyl (C=O) groups is 2. The van der Waals surface area contributed by atoms with E-state index >= 15 is 0 Å². The Bertz CT molecular complexity index is 1200. The third-order valence-corrected chi connectivity index (χ3v) is 15.4. The average Bonchev–Trinajstić information content (AvgIpc) is 3.40. The second-order valence-corrected chi connectivity index (χ2v) is 22.8. The van der Waals surface area contributed by atoms with Crippen LogP contribution in [-0.2, 0) is 14.3 Å². The first kappa shape index (κ1) is 72.1. The molecule has 436 valence electrons. The molecule has 0 aromatic carbocycles. The Balaban J connectivity index is 3.45. The van der Waals surface area contributed by atoms with Gasteiger partial charge in [-0.2, -0.15) is 0 Å². The molecule has 0 aromatic heterocycles. The maximum absolute atomic E-state index is 12.5. The molecule has 0 heterocycles. The van der Waals surface area contributed by atoms with Gasteiger partial charge in [0.1, 0.15) is 0 Å². The van der Waals surface area contributed by atoms with E-state index < -0.39 is 12.1 Å². The molecule has 0 fully saturated rings. The van der Waals surface area contributed by atoms with Gasteiger partial charge in [0.15, 0.2) is 0 Å². The van der Waals surface area contributed by atoms with Gasteiger partial charge >= 0.3 is 5.97 Å². The minimum Gasteiger partial charge on any atom is -0.465 e. The zero-order chi connectivity index (χ0) is 53.6. The quantitative estimate of drug-likeness (QED) is 0.0320. The van der Waals surface area contributed by atoms with E-state index in [4.69, 9.17) is 4.74 Å². The minimum absolute atomic E-state index is 0.0364. The van der Waals surface area contributed by atoms with Gasteiger partial charge in [-0.1, -0.05) is 314 Å². The van der Waals surface area contributed by atoms with E-state index in [9.17, 15) is 19.8 Å². The zero-order valence-corrected chi connectivity index (χ0v) is 49.8. The van der Waals surface area contributed by atoms with Crippen LogP contribution >= 0.6 is 0 Å². The van der Waals surface area contributed by atoms with Crippen LogP contribution in [0.1, 0.15) is 361 Å². The van der Waals surface area contributed by atoms with Gasteiger partial charge < -0.3 is 20.3 Å². The van der Waals surface area contributed by atoms with Gasteiger partial charge in [0, 0.05) is 12.8 Å². The van der Waals surface area contributed by atoms with Crippen LogP contribution in [0.25, 0.3) is 0 Å². The van der Waals surface area contributed by atoms with E-state index in [-0.39, 0.29) is 18.5 Å². The van der Waals surface area contributed by atoms with Crippen LogP contribution in [0.5, 0.6) is 0 Å². The molecule has 2 atom stereocenters. The van der Waals surface area contributed by atoms with E-state index in [1.165, 1.54) is 276 Å². The molecule has 0 aliphatic heterocycles. The van der Waals surface area contributed by atoms with E-state index in [2.05, 4.69) is 55.6 Å². The van der Waals surface area contributed by atoms with Gasteiger partial charge in [-0.05, 0) is 70.6 Å². The molecule has 6 nitrogen and oxygen atoms in total. The van der Waals surface area contributed by atoms with Gasteiger partial charge in [0.05, 0.1) is 25.4 Å². The van der Waals surface area contributed by atoms with Crippen molar-refractivity contribution < 1.29 is 24.5 Å². The Kier molecular flexibility index (Phi) is 62.0. The molecule has 0 aromatic rings. The zero-order valence-electron chi connectivity index (χ0n) is 49.8. The smallest absolute Gasteiger partial charge is 0.305 e. The second kappa shape index (κ2) is 63.6. The maximum Gasteiger partial charge on any atom is 0.305 e. The largest absolute Gasteiger partial charge is 0.465 e. The highest BCUT2D eigenvalue weighted by Gasteiger charge is 2.20. The van der Waals surface area contributed by atoms with E-state index in [1.807, 2.05) is 0 Å². The first-order valence-electron chi connectivity index (χ1n) is 33.2. The Labute approximate surface area is 462 Å². The van der Waals surface area contributed by atoms with Crippen LogP contribution in [0.2, 0.25) is 0 Å². The fraction of sp³-hybridized carbons (Fsp3) is 0.882. The highest BCUT2D eigenvalue weighted by molar-refractivity contribution is 5.76. The molecule has 3 N–H and O–H groups in total. The molecule has 0 aliphatic rings. The summed E-state index contributed by atoms with van der Waals surface area (Å²) in [7, 11) is 0. The number of hydrogen-bond acceptors (Lipinski definition) is 5. The Morgan fingerprint density at radius 3 is 1.04 bits per heavy atom. The normalized spacial score (nSPS) is 12.8. The number of allylic oxidation sites excluding steroid dienone is 5. The minimum atomic E-state index is -0.669. The number of hydrogen-bond donors (Lipinski definition) is 3. The van der Waals surface area contributed by atoms with Crippen molar-refractivity contribution >= 4 is 11.9 Å². The van der Waals surface area contributed by atoms with Crippen LogP contribution in [0, 0.1) is 0 Å². The molecule has 2 unspecified atom stereocenters. The summed E-state index contributed by atoms with van der Waals surface area (Å²) in [6.45, 7) is 4.86. The molecule has 0 aliphatic carbocycles. The van der Waals surface area contributed by atoms with Crippen molar-refractivity contribution in [3.8, 4) is 0 Å². The summed E-state index contributed by atoms with van der Waals surface area (Å²) >= 11 is 0. The third kappa shape index (κ3) is 59.3. The monoisotopic (exact) mass is 1040 g/mol. The molecule has 0 rings (SSSR count). The standard InChI is InChI=1S/C68H129NO5/c1-3-5-7-9-11-13-15-17-19-20-21-22-24-27-30-33-36-40-44-48-52-56-60-66(71)65(64-70)69-67(72)61-57-53-49-45-41-37-34-31-28-25-23-26-29-32-35-39-43-47-51-55-59-63-74-68(73)62-58-54-50-46-42-38-18-16-14-12-10-8-6-4-2/h16,18,39,43,51,55,65-66,70-71H,3-15,17,19-38,40-42,44-50,52-54,56-64H2,1-2H3,(H,69,72)/b18-16-,43-39-,55-51-. The van der Waals surface area contributed by atoms with Crippen molar-refractivity contribution in [2.45, 2.75) is 373 Å². The molecular weight excluding hydrogens is 911 g/mol. The van der Waals surface area contributed by atoms with Gasteiger partial charge in [-0.15, -0.1) is 0 Å². The highest BCUT2D eigenvalue weighted by atomic mass is 16.5. The van der Waals surface area contributed by atoms with Crippen molar-refractivity contribution in [2.24, 2.45) is 0 Å². The molecule has 0 radical (unpaired) electrons. The van der Waals surface area contributed by atoms with E-state index in [1.54, 1.807) is 0 Å². The maximum atomic E-state index is 12.5. The van der Waals surface area contributed by atoms with Crippen molar-refractivity contribution in [1.82, 2.24) is 5.32 Å². The number of nitrogens with one attached hydrogen (secondary N) is 1. The molecule has 0 saturated heterocycles. The van der Waals surface area contributed by atoms with Crippen LogP contribution in [-0.4, -0.2) is 47.4 Å². The fourth-order valence-electron chi connectivity index (χ4n) is 10.4. The predicted octanol–water partition coefficient (Wildman–Crippen LogP) is 21.1. The second-order valence-electron chi connectivity index (χ2n) is 22.8. The van der Waals surface area contributed by atoms with Crippen molar-refractivity contribution in [3.63, 3.8) is 0 Å². The number of esters is 1. The Morgan fingerprint density at radius 1 is 0.378 bits per heavy atom. The summed E-state index contributed by atoms with van der Waals surface area (Å²) in [6.07, 6.45) is 80.4. The lowest BCUT2D eigenvalue weighted by molar-refractivity contribution is -0.143. The SMILES string of the molecule is CCCCCCC/C=C\CCCCCCCC(=O)OCC/C=C\C/C=C\CCCCCCCCCCCCCCCCC(=O)NC(CO)C(O)CCCCCCCCCCCCCCCCCCCCCCCC. The van der Waals surface area contributed by atoms with E-state index in [0.29, 0.717) is 25.9 Å². The Morgan fingerprint density at radius 2 is 0.676 bits per heavy atom. The number of aliphatic hydroxyl groups is 2. The highest BCUT2D eigenvalue weighted by Crippen LogP contribution is 2.18. The fourth-order valence-corrected chi connectivity index (χ4v) is 10.4. The van der Waals surface area contributed by atoms with Crippen LogP contribution in [0.4, 0.5) is 0 Å². The number of aliphatic hydroxyl groups excluding tert-OH is 2. The van der Waals surface area contributed by atoms with Crippen molar-refractivity contribution in [3.05, 3.63) is 36.5 Å². The number of unbranched alkanes of at least 4 members (excludes halogenated alkanes) is 45. The summed E-state index contributed by atoms with van der Waals surface area (Å²) in [5, 5.41) is 23.4. The molecule has 6 heteroatoms. The first-order chi connectivity index (χ1) is 36.5. The summed E-state index contributed by atoms with van der Waals surface area (Å²) < 4.78 is 5.41. The number of carbonyl (C=O) groups excluding carboxylic acids is 2. The molecule has 0 saturated carbocycles. The van der Waals surface area contributed by atoms with Gasteiger partial charge in [-0.25, -0.2) is 0 Å². The topological polar surface area (TPSA) is 95.9 Å². The third-order valence-electron chi connectivity index (χ3n) is 15.4. The Hall–Kier alpha value is -1.92. The van der Waals surface area contributed by atoms with Crippen LogP contribution in [0.15, 0.2) is 36.5 Å². The number of amides is 1. The van der Waals surface area contributed by atoms with E-state index in [0.717, 1.165) is 51.4 Å². The molecular formula is C68H129NO5. The molecule has 74 heavy (non-hydrogen) atoms. The number of rotatable bonds is 62. The molecule has 0 bridgehead atoms. The summed E-state index contributed by atoms with van der Waals surface area (Å²) in [4.78, 5) is 24.6. The number of ether oxygens (including phenoxy) is 1. The molecule has 0 spiro atoms. The first-order valence-corrected chi connectivity index (χ1v) is 33.2. The molecule has 1 amide bonds. The van der Waals surface area contributed by atoms with Crippen molar-refractivity contribution in [1.29, 1.82) is 0 Å².